The maximum atomic E-state index is 11.5. The highest BCUT2D eigenvalue weighted by Gasteiger charge is 2.11. The number of nitrogens with one attached hydrogen (secondary N) is 1. The molecule has 0 aliphatic carbocycles. The largest absolute Gasteiger partial charge is 0.392 e. The molecule has 1 aromatic heterocycles. The van der Waals surface area contributed by atoms with Gasteiger partial charge in [0.05, 0.1) is 16.7 Å². The Labute approximate surface area is 93.3 Å². The molecule has 2 N–H and O–H groups in total. The Balaban J connectivity index is 2.74. The molecule has 0 radical (unpaired) electrons. The topological polar surface area (TPSA) is 62.2 Å². The third-order valence-electron chi connectivity index (χ3n) is 1.79. The Morgan fingerprint density at radius 2 is 2.40 bits per heavy atom. The summed E-state index contributed by atoms with van der Waals surface area (Å²) in [6.07, 6.45) is 0.848. The van der Waals surface area contributed by atoms with Crippen LogP contribution in [-0.2, 0) is 0 Å². The number of hydrogen-bond donors (Lipinski definition) is 2. The monoisotopic (exact) mass is 228 g/mol. The summed E-state index contributed by atoms with van der Waals surface area (Å²) in [6.45, 7) is 3.58. The van der Waals surface area contributed by atoms with Gasteiger partial charge in [0.15, 0.2) is 0 Å². The van der Waals surface area contributed by atoms with Crippen LogP contribution in [0.1, 0.15) is 23.0 Å². The van der Waals surface area contributed by atoms with Gasteiger partial charge in [-0.25, -0.2) is 0 Å². The van der Waals surface area contributed by atoms with Gasteiger partial charge in [-0.15, -0.1) is 0 Å². The number of aromatic nitrogens is 1. The fourth-order valence-electron chi connectivity index (χ4n) is 1.03. The molecule has 1 unspecified atom stereocenters. The molecule has 1 atom stereocenters. The highest BCUT2D eigenvalue weighted by molar-refractivity contribution is 6.33. The Bertz CT molecular complexity index is 366. The second-order valence-corrected chi connectivity index (χ2v) is 3.77. The number of pyridine rings is 1. The van der Waals surface area contributed by atoms with Crippen LogP contribution in [0, 0.1) is 6.92 Å². The van der Waals surface area contributed by atoms with Gasteiger partial charge in [0.1, 0.15) is 0 Å². The van der Waals surface area contributed by atoms with Gasteiger partial charge in [-0.2, -0.15) is 0 Å². The molecule has 0 bridgehead atoms. The summed E-state index contributed by atoms with van der Waals surface area (Å²) in [5.41, 5.74) is 1.08. The molecule has 1 amide bonds. The summed E-state index contributed by atoms with van der Waals surface area (Å²) < 4.78 is 0. The van der Waals surface area contributed by atoms with Crippen molar-refractivity contribution in [3.8, 4) is 0 Å². The zero-order valence-electron chi connectivity index (χ0n) is 8.62. The van der Waals surface area contributed by atoms with Crippen LogP contribution >= 0.6 is 11.6 Å². The number of amides is 1. The smallest absolute Gasteiger partial charge is 0.254 e. The lowest BCUT2D eigenvalue weighted by molar-refractivity contribution is 0.0924. The Morgan fingerprint density at radius 3 is 2.93 bits per heavy atom. The maximum absolute atomic E-state index is 11.5. The van der Waals surface area contributed by atoms with Crippen LogP contribution < -0.4 is 5.32 Å². The molecule has 4 nitrogen and oxygen atoms in total. The summed E-state index contributed by atoms with van der Waals surface area (Å²) in [7, 11) is 0. The number of aryl methyl sites for hydroxylation is 1. The van der Waals surface area contributed by atoms with Crippen molar-refractivity contribution in [2.75, 3.05) is 6.54 Å². The molecular weight excluding hydrogens is 216 g/mol. The molecule has 0 fully saturated rings. The van der Waals surface area contributed by atoms with E-state index in [1.54, 1.807) is 19.9 Å². The molecule has 1 heterocycles. The predicted molar refractivity (Wildman–Crippen MR) is 58.0 cm³/mol. The number of rotatable bonds is 3. The second-order valence-electron chi connectivity index (χ2n) is 3.36. The van der Waals surface area contributed by atoms with Crippen LogP contribution in [-0.4, -0.2) is 28.6 Å². The van der Waals surface area contributed by atoms with Gasteiger partial charge in [0.25, 0.3) is 5.91 Å². The highest BCUT2D eigenvalue weighted by Crippen LogP contribution is 2.15. The highest BCUT2D eigenvalue weighted by atomic mass is 35.5. The van der Waals surface area contributed by atoms with Gasteiger partial charge in [-0.3, -0.25) is 9.78 Å². The molecule has 1 aromatic rings. The van der Waals surface area contributed by atoms with Crippen molar-refractivity contribution in [2.24, 2.45) is 0 Å². The van der Waals surface area contributed by atoms with Crippen molar-refractivity contribution in [1.82, 2.24) is 10.3 Å². The van der Waals surface area contributed by atoms with E-state index in [0.29, 0.717) is 10.6 Å². The molecule has 0 saturated heterocycles. The van der Waals surface area contributed by atoms with E-state index < -0.39 is 6.10 Å². The zero-order valence-corrected chi connectivity index (χ0v) is 9.38. The van der Waals surface area contributed by atoms with Crippen LogP contribution in [0.2, 0.25) is 5.02 Å². The van der Waals surface area contributed by atoms with Crippen molar-refractivity contribution >= 4 is 17.5 Å². The minimum atomic E-state index is -0.578. The number of hydrogen-bond acceptors (Lipinski definition) is 3. The van der Waals surface area contributed by atoms with E-state index in [1.165, 1.54) is 6.20 Å². The average Bonchev–Trinajstić information content (AvgIpc) is 2.14. The van der Waals surface area contributed by atoms with Gasteiger partial charge >= 0.3 is 0 Å². The van der Waals surface area contributed by atoms with Gasteiger partial charge in [0, 0.05) is 18.4 Å². The van der Waals surface area contributed by atoms with Crippen molar-refractivity contribution in [2.45, 2.75) is 20.0 Å². The zero-order chi connectivity index (χ0) is 11.4. The first-order valence-corrected chi connectivity index (χ1v) is 4.97. The van der Waals surface area contributed by atoms with E-state index in [1.807, 2.05) is 0 Å². The lowest BCUT2D eigenvalue weighted by Crippen LogP contribution is -2.30. The van der Waals surface area contributed by atoms with Crippen molar-refractivity contribution in [3.63, 3.8) is 0 Å². The van der Waals surface area contributed by atoms with E-state index >= 15 is 0 Å². The van der Waals surface area contributed by atoms with E-state index in [9.17, 15) is 4.79 Å². The third-order valence-corrected chi connectivity index (χ3v) is 2.11. The van der Waals surface area contributed by atoms with Gasteiger partial charge in [0.2, 0.25) is 0 Å². The number of carbonyl (C=O) groups is 1. The molecule has 0 aromatic carbocycles. The average molecular weight is 229 g/mol. The van der Waals surface area contributed by atoms with E-state index in [2.05, 4.69) is 10.3 Å². The first kappa shape index (κ1) is 11.9. The lowest BCUT2D eigenvalue weighted by atomic mass is 10.2. The molecule has 5 heteroatoms. The summed E-state index contributed by atoms with van der Waals surface area (Å²) in [4.78, 5) is 15.5. The second kappa shape index (κ2) is 5.09. The van der Waals surface area contributed by atoms with Crippen LogP contribution in [0.5, 0.6) is 0 Å². The standard InChI is InChI=1S/C10H13ClN2O2/c1-6-3-9(11)8(5-12-6)10(15)13-4-7(2)14/h3,5,7,14H,4H2,1-2H3,(H,13,15). The molecule has 0 aliphatic heterocycles. The van der Waals surface area contributed by atoms with E-state index in [0.717, 1.165) is 5.69 Å². The van der Waals surface area contributed by atoms with Crippen LogP contribution in [0.3, 0.4) is 0 Å². The van der Waals surface area contributed by atoms with Crippen LogP contribution in [0.4, 0.5) is 0 Å². The van der Waals surface area contributed by atoms with Crippen molar-refractivity contribution in [3.05, 3.63) is 28.5 Å². The van der Waals surface area contributed by atoms with Gasteiger partial charge < -0.3 is 10.4 Å². The lowest BCUT2D eigenvalue weighted by Gasteiger charge is -2.08. The molecular formula is C10H13ClN2O2. The molecule has 0 spiro atoms. The molecule has 0 saturated carbocycles. The number of halogens is 1. The predicted octanol–water partition coefficient (Wildman–Crippen LogP) is 1.15. The first-order chi connectivity index (χ1) is 7.00. The Morgan fingerprint density at radius 1 is 1.73 bits per heavy atom. The maximum Gasteiger partial charge on any atom is 0.254 e. The van der Waals surface area contributed by atoms with Crippen LogP contribution in [0.15, 0.2) is 12.3 Å². The fraction of sp³-hybridized carbons (Fsp3) is 0.400. The van der Waals surface area contributed by atoms with Gasteiger partial charge in [-0.05, 0) is 19.9 Å². The quantitative estimate of drug-likeness (QED) is 0.816. The number of aliphatic hydroxyl groups excluding tert-OH is 1. The number of aliphatic hydroxyl groups is 1. The first-order valence-electron chi connectivity index (χ1n) is 4.59. The number of carbonyl (C=O) groups excluding carboxylic acids is 1. The SMILES string of the molecule is Cc1cc(Cl)c(C(=O)NCC(C)O)cn1. The normalized spacial score (nSPS) is 12.3. The molecule has 82 valence electrons. The Hall–Kier alpha value is -1.13. The summed E-state index contributed by atoms with van der Waals surface area (Å²) in [6, 6.07) is 1.62. The third kappa shape index (κ3) is 3.49. The van der Waals surface area contributed by atoms with Crippen molar-refractivity contribution in [1.29, 1.82) is 0 Å². The van der Waals surface area contributed by atoms with Crippen molar-refractivity contribution < 1.29 is 9.90 Å². The van der Waals surface area contributed by atoms with E-state index in [4.69, 9.17) is 16.7 Å². The number of nitrogens with zero attached hydrogens (tertiary/aromatic N) is 1. The Kier molecular flexibility index (Phi) is 4.05. The summed E-state index contributed by atoms with van der Waals surface area (Å²) >= 11 is 5.88. The van der Waals surface area contributed by atoms with Crippen LogP contribution in [0.25, 0.3) is 0 Å². The minimum absolute atomic E-state index is 0.197. The molecule has 15 heavy (non-hydrogen) atoms. The summed E-state index contributed by atoms with van der Waals surface area (Å²) in [5, 5.41) is 11.9. The fourth-order valence-corrected chi connectivity index (χ4v) is 1.32. The van der Waals surface area contributed by atoms with Gasteiger partial charge in [-0.1, -0.05) is 11.6 Å². The molecule has 1 rings (SSSR count). The molecule has 0 aliphatic rings. The minimum Gasteiger partial charge on any atom is -0.392 e. The summed E-state index contributed by atoms with van der Waals surface area (Å²) in [5.74, 6) is -0.326. The van der Waals surface area contributed by atoms with E-state index in [-0.39, 0.29) is 12.5 Å².